The van der Waals surface area contributed by atoms with Crippen molar-refractivity contribution in [3.05, 3.63) is 69.5 Å². The molecule has 0 saturated carbocycles. The summed E-state index contributed by atoms with van der Waals surface area (Å²) in [5.41, 5.74) is 3.77. The van der Waals surface area contributed by atoms with Gasteiger partial charge in [0.15, 0.2) is 16.9 Å². The van der Waals surface area contributed by atoms with Crippen molar-refractivity contribution in [1.29, 1.82) is 0 Å². The molecule has 3 heterocycles. The van der Waals surface area contributed by atoms with E-state index in [9.17, 15) is 4.79 Å². The minimum absolute atomic E-state index is 0.0446. The number of aromatic amines is 1. The van der Waals surface area contributed by atoms with E-state index < -0.39 is 0 Å². The van der Waals surface area contributed by atoms with E-state index in [0.717, 1.165) is 39.2 Å². The highest BCUT2D eigenvalue weighted by atomic mass is 16.7. The van der Waals surface area contributed by atoms with Gasteiger partial charge >= 0.3 is 0 Å². The fourth-order valence-electron chi connectivity index (χ4n) is 3.40. The summed E-state index contributed by atoms with van der Waals surface area (Å²) in [4.78, 5) is 16.1. The van der Waals surface area contributed by atoms with Crippen molar-refractivity contribution < 1.29 is 9.47 Å². The summed E-state index contributed by atoms with van der Waals surface area (Å²) >= 11 is 0. The van der Waals surface area contributed by atoms with Crippen LogP contribution in [0.25, 0.3) is 10.9 Å². The Bertz CT molecular complexity index is 993. The van der Waals surface area contributed by atoms with Crippen molar-refractivity contribution in [3.8, 4) is 11.5 Å². The quantitative estimate of drug-likeness (QED) is 0.725. The van der Waals surface area contributed by atoms with Crippen LogP contribution in [0.3, 0.4) is 0 Å². The van der Waals surface area contributed by atoms with Crippen LogP contribution in [0.5, 0.6) is 11.5 Å². The van der Waals surface area contributed by atoms with Crippen molar-refractivity contribution in [2.75, 3.05) is 6.79 Å². The lowest BCUT2D eigenvalue weighted by molar-refractivity contribution is 0.174. The van der Waals surface area contributed by atoms with Crippen LogP contribution >= 0.6 is 0 Å². The number of hydrogen-bond acceptors (Lipinski definition) is 4. The first-order valence-electron chi connectivity index (χ1n) is 7.58. The molecule has 2 aromatic carbocycles. The average Bonchev–Trinajstić information content (AvgIpc) is 3.21. The molecule has 0 aliphatic carbocycles. The maximum atomic E-state index is 12.7. The molecule has 5 rings (SSSR count). The third-order valence-electron chi connectivity index (χ3n) is 4.54. The number of hydrogen-bond donors (Lipinski definition) is 2. The van der Waals surface area contributed by atoms with E-state index in [1.165, 1.54) is 0 Å². The number of benzene rings is 2. The molecule has 1 atom stereocenters. The van der Waals surface area contributed by atoms with Gasteiger partial charge in [-0.2, -0.15) is 0 Å². The molecule has 1 aromatic heterocycles. The molecule has 0 spiro atoms. The summed E-state index contributed by atoms with van der Waals surface area (Å²) in [6.07, 6.45) is 0. The van der Waals surface area contributed by atoms with E-state index in [1.54, 1.807) is 0 Å². The second-order valence-electron chi connectivity index (χ2n) is 5.82. The third-order valence-corrected chi connectivity index (χ3v) is 4.54. The zero-order valence-corrected chi connectivity index (χ0v) is 12.3. The van der Waals surface area contributed by atoms with Gasteiger partial charge in [-0.05, 0) is 29.8 Å². The number of nitrogens with one attached hydrogen (secondary N) is 2. The Morgan fingerprint density at radius 2 is 1.91 bits per heavy atom. The third kappa shape index (κ3) is 1.80. The summed E-state index contributed by atoms with van der Waals surface area (Å²) in [5.74, 6) is 1.51. The fourth-order valence-corrected chi connectivity index (χ4v) is 3.40. The van der Waals surface area contributed by atoms with E-state index in [2.05, 4.69) is 10.3 Å². The zero-order chi connectivity index (χ0) is 15.4. The van der Waals surface area contributed by atoms with Crippen LogP contribution in [0.1, 0.15) is 22.9 Å². The van der Waals surface area contributed by atoms with Gasteiger partial charge in [0, 0.05) is 28.7 Å². The lowest BCUT2D eigenvalue weighted by Gasteiger charge is -2.14. The molecule has 5 nitrogen and oxygen atoms in total. The van der Waals surface area contributed by atoms with Crippen LogP contribution < -0.4 is 20.2 Å². The highest BCUT2D eigenvalue weighted by molar-refractivity contribution is 5.79. The first-order valence-corrected chi connectivity index (χ1v) is 7.58. The van der Waals surface area contributed by atoms with Gasteiger partial charge < -0.3 is 19.8 Å². The number of para-hydroxylation sites is 1. The van der Waals surface area contributed by atoms with Gasteiger partial charge in [0.25, 0.3) is 0 Å². The summed E-state index contributed by atoms with van der Waals surface area (Å²) in [6, 6.07) is 13.5. The van der Waals surface area contributed by atoms with E-state index in [1.807, 2.05) is 42.5 Å². The van der Waals surface area contributed by atoms with Gasteiger partial charge in [0.2, 0.25) is 6.79 Å². The van der Waals surface area contributed by atoms with Gasteiger partial charge in [-0.3, -0.25) is 4.79 Å². The van der Waals surface area contributed by atoms with Crippen molar-refractivity contribution >= 4 is 10.9 Å². The molecular formula is C18H14N2O3. The first kappa shape index (κ1) is 12.7. The number of pyridine rings is 1. The van der Waals surface area contributed by atoms with Crippen LogP contribution in [0.2, 0.25) is 0 Å². The molecule has 0 saturated heterocycles. The van der Waals surface area contributed by atoms with Crippen molar-refractivity contribution in [1.82, 2.24) is 10.3 Å². The Balaban J connectivity index is 1.68. The number of ether oxygens (including phenoxy) is 2. The molecule has 0 unspecified atom stereocenters. The van der Waals surface area contributed by atoms with Gasteiger partial charge in [-0.15, -0.1) is 0 Å². The summed E-state index contributed by atoms with van der Waals surface area (Å²) in [7, 11) is 0. The predicted molar refractivity (Wildman–Crippen MR) is 85.8 cm³/mol. The Morgan fingerprint density at radius 3 is 2.87 bits per heavy atom. The van der Waals surface area contributed by atoms with E-state index in [0.29, 0.717) is 6.54 Å². The maximum absolute atomic E-state index is 12.7. The lowest BCUT2D eigenvalue weighted by atomic mass is 10.0. The number of aromatic nitrogens is 1. The standard InChI is InChI=1S/C18H14N2O3/c21-18-11-3-1-2-4-13(11)20-17-12(18)8-19-16(17)10-5-6-14-15(7-10)23-9-22-14/h1-7,16,19H,8-9H2,(H,20,21)/t16-/m1/s1. The first-order chi connectivity index (χ1) is 11.3. The SMILES string of the molecule is O=c1c2c([nH]c3ccccc13)[C@@H](c1ccc3c(c1)OCO3)NC2. The summed E-state index contributed by atoms with van der Waals surface area (Å²) < 4.78 is 10.8. The normalized spacial score (nSPS) is 18.3. The average molecular weight is 306 g/mol. The van der Waals surface area contributed by atoms with Gasteiger partial charge in [-0.1, -0.05) is 18.2 Å². The molecule has 0 amide bonds. The topological polar surface area (TPSA) is 63.4 Å². The molecule has 23 heavy (non-hydrogen) atoms. The molecule has 3 aromatic rings. The zero-order valence-electron chi connectivity index (χ0n) is 12.3. The predicted octanol–water partition coefficient (Wildman–Crippen LogP) is 2.45. The summed E-state index contributed by atoms with van der Waals surface area (Å²) in [6.45, 7) is 0.823. The monoisotopic (exact) mass is 306 g/mol. The molecule has 0 bridgehead atoms. The molecule has 0 fully saturated rings. The van der Waals surface area contributed by atoms with Crippen LogP contribution in [-0.4, -0.2) is 11.8 Å². The largest absolute Gasteiger partial charge is 0.454 e. The van der Waals surface area contributed by atoms with Crippen molar-refractivity contribution in [2.24, 2.45) is 0 Å². The van der Waals surface area contributed by atoms with Gasteiger partial charge in [0.05, 0.1) is 6.04 Å². The Morgan fingerprint density at radius 1 is 1.04 bits per heavy atom. The number of rotatable bonds is 1. The highest BCUT2D eigenvalue weighted by Gasteiger charge is 2.28. The summed E-state index contributed by atoms with van der Waals surface area (Å²) in [5, 5.41) is 4.15. The molecule has 2 aliphatic heterocycles. The number of fused-ring (bicyclic) bond motifs is 3. The van der Waals surface area contributed by atoms with E-state index >= 15 is 0 Å². The maximum Gasteiger partial charge on any atom is 0.231 e. The minimum Gasteiger partial charge on any atom is -0.454 e. The molecule has 5 heteroatoms. The van der Waals surface area contributed by atoms with Crippen LogP contribution in [0.15, 0.2) is 47.3 Å². The van der Waals surface area contributed by atoms with Crippen molar-refractivity contribution in [3.63, 3.8) is 0 Å². The Kier molecular flexibility index (Phi) is 2.55. The van der Waals surface area contributed by atoms with Crippen molar-refractivity contribution in [2.45, 2.75) is 12.6 Å². The second-order valence-corrected chi connectivity index (χ2v) is 5.82. The fraction of sp³-hybridized carbons (Fsp3) is 0.167. The molecule has 2 N–H and O–H groups in total. The smallest absolute Gasteiger partial charge is 0.231 e. The lowest BCUT2D eigenvalue weighted by Crippen LogP contribution is -2.14. The van der Waals surface area contributed by atoms with Gasteiger partial charge in [0.1, 0.15) is 0 Å². The minimum atomic E-state index is -0.0446. The Hall–Kier alpha value is -2.79. The second kappa shape index (κ2) is 4.60. The highest BCUT2D eigenvalue weighted by Crippen LogP contribution is 2.37. The molecule has 2 aliphatic rings. The van der Waals surface area contributed by atoms with E-state index in [4.69, 9.17) is 9.47 Å². The van der Waals surface area contributed by atoms with Crippen LogP contribution in [0.4, 0.5) is 0 Å². The van der Waals surface area contributed by atoms with Gasteiger partial charge in [-0.25, -0.2) is 0 Å². The van der Waals surface area contributed by atoms with Crippen LogP contribution in [-0.2, 0) is 6.54 Å². The van der Waals surface area contributed by atoms with E-state index in [-0.39, 0.29) is 18.3 Å². The molecular weight excluding hydrogens is 292 g/mol. The molecule has 114 valence electrons. The molecule has 0 radical (unpaired) electrons. The Labute approximate surface area is 131 Å². The van der Waals surface area contributed by atoms with Crippen LogP contribution in [0, 0.1) is 0 Å². The number of H-pyrrole nitrogens is 1.